The lowest BCUT2D eigenvalue weighted by atomic mass is 10.3. The standard InChI is InChI=1S/C10H10ClFN4/c1-16-5-8(13)10(15-16)14-9-6(11)3-2-4-7(9)12/h2-5H,13H2,1H3,(H,14,15). The number of para-hydroxylation sites is 1. The van der Waals surface area contributed by atoms with Crippen LogP contribution in [0.1, 0.15) is 0 Å². The Morgan fingerprint density at radius 2 is 2.25 bits per heavy atom. The Morgan fingerprint density at radius 3 is 2.81 bits per heavy atom. The van der Waals surface area contributed by atoms with Crippen molar-refractivity contribution in [3.63, 3.8) is 0 Å². The number of nitrogens with two attached hydrogens (primary N) is 1. The molecule has 0 saturated carbocycles. The molecule has 0 unspecified atom stereocenters. The van der Waals surface area contributed by atoms with Crippen molar-refractivity contribution in [1.82, 2.24) is 9.78 Å². The first-order valence-corrected chi connectivity index (χ1v) is 4.96. The van der Waals surface area contributed by atoms with E-state index in [1.54, 1.807) is 19.3 Å². The van der Waals surface area contributed by atoms with Crippen LogP contribution in [0, 0.1) is 5.82 Å². The van der Waals surface area contributed by atoms with Crippen LogP contribution < -0.4 is 11.1 Å². The van der Waals surface area contributed by atoms with Gasteiger partial charge in [0.05, 0.1) is 16.4 Å². The predicted molar refractivity (Wildman–Crippen MR) is 62.3 cm³/mol. The van der Waals surface area contributed by atoms with Gasteiger partial charge in [0.2, 0.25) is 0 Å². The third-order valence-electron chi connectivity index (χ3n) is 2.06. The van der Waals surface area contributed by atoms with Crippen molar-refractivity contribution in [3.8, 4) is 0 Å². The molecule has 0 saturated heterocycles. The third kappa shape index (κ3) is 1.94. The highest BCUT2D eigenvalue weighted by Crippen LogP contribution is 2.29. The van der Waals surface area contributed by atoms with E-state index in [-0.39, 0.29) is 10.7 Å². The van der Waals surface area contributed by atoms with Gasteiger partial charge in [0.25, 0.3) is 0 Å². The van der Waals surface area contributed by atoms with E-state index >= 15 is 0 Å². The molecule has 84 valence electrons. The van der Waals surface area contributed by atoms with E-state index in [1.807, 2.05) is 0 Å². The van der Waals surface area contributed by atoms with Crippen LogP contribution in [-0.4, -0.2) is 9.78 Å². The maximum atomic E-state index is 13.5. The van der Waals surface area contributed by atoms with E-state index < -0.39 is 5.82 Å². The number of nitrogen functional groups attached to an aromatic ring is 1. The van der Waals surface area contributed by atoms with Crippen LogP contribution in [0.25, 0.3) is 0 Å². The molecule has 16 heavy (non-hydrogen) atoms. The number of anilines is 3. The maximum Gasteiger partial charge on any atom is 0.175 e. The SMILES string of the molecule is Cn1cc(N)c(Nc2c(F)cccc2Cl)n1. The molecule has 1 heterocycles. The molecule has 0 aliphatic heterocycles. The number of hydrogen-bond acceptors (Lipinski definition) is 3. The summed E-state index contributed by atoms with van der Waals surface area (Å²) in [7, 11) is 1.73. The second kappa shape index (κ2) is 4.02. The van der Waals surface area contributed by atoms with E-state index in [9.17, 15) is 4.39 Å². The Morgan fingerprint density at radius 1 is 1.50 bits per heavy atom. The van der Waals surface area contributed by atoms with Crippen LogP contribution in [0.15, 0.2) is 24.4 Å². The van der Waals surface area contributed by atoms with Gasteiger partial charge in [-0.25, -0.2) is 4.39 Å². The molecule has 0 atom stereocenters. The van der Waals surface area contributed by atoms with Gasteiger partial charge < -0.3 is 11.1 Å². The summed E-state index contributed by atoms with van der Waals surface area (Å²) in [6.45, 7) is 0. The van der Waals surface area contributed by atoms with Gasteiger partial charge in [0, 0.05) is 13.2 Å². The van der Waals surface area contributed by atoms with Gasteiger partial charge in [-0.1, -0.05) is 17.7 Å². The average Bonchev–Trinajstić information content (AvgIpc) is 2.51. The molecule has 0 aliphatic carbocycles. The van der Waals surface area contributed by atoms with E-state index in [1.165, 1.54) is 16.8 Å². The number of rotatable bonds is 2. The number of aromatic nitrogens is 2. The van der Waals surface area contributed by atoms with Crippen molar-refractivity contribution in [2.75, 3.05) is 11.1 Å². The summed E-state index contributed by atoms with van der Waals surface area (Å²) in [6, 6.07) is 4.43. The zero-order chi connectivity index (χ0) is 11.7. The molecule has 0 fully saturated rings. The lowest BCUT2D eigenvalue weighted by molar-refractivity contribution is 0.631. The van der Waals surface area contributed by atoms with Gasteiger partial charge in [0.1, 0.15) is 5.82 Å². The molecule has 0 spiro atoms. The lowest BCUT2D eigenvalue weighted by Gasteiger charge is -2.07. The minimum absolute atomic E-state index is 0.176. The van der Waals surface area contributed by atoms with Gasteiger partial charge in [-0.15, -0.1) is 0 Å². The van der Waals surface area contributed by atoms with Crippen LogP contribution in [0.5, 0.6) is 0 Å². The maximum absolute atomic E-state index is 13.5. The first-order valence-electron chi connectivity index (χ1n) is 4.58. The van der Waals surface area contributed by atoms with Crippen LogP contribution >= 0.6 is 11.6 Å². The Balaban J connectivity index is 2.37. The molecular weight excluding hydrogens is 231 g/mol. The number of benzene rings is 1. The topological polar surface area (TPSA) is 55.9 Å². The molecule has 2 aromatic rings. The first kappa shape index (κ1) is 10.8. The highest BCUT2D eigenvalue weighted by Gasteiger charge is 2.10. The van der Waals surface area contributed by atoms with Gasteiger partial charge >= 0.3 is 0 Å². The van der Waals surface area contributed by atoms with Crippen molar-refractivity contribution in [2.45, 2.75) is 0 Å². The second-order valence-corrected chi connectivity index (χ2v) is 3.74. The quantitative estimate of drug-likeness (QED) is 0.848. The normalized spacial score (nSPS) is 10.4. The number of nitrogens with one attached hydrogen (secondary N) is 1. The monoisotopic (exact) mass is 240 g/mol. The van der Waals surface area contributed by atoms with Gasteiger partial charge in [-0.3, -0.25) is 4.68 Å². The molecule has 0 radical (unpaired) electrons. The predicted octanol–water partition coefficient (Wildman–Crippen LogP) is 2.54. The van der Waals surface area contributed by atoms with E-state index in [4.69, 9.17) is 17.3 Å². The Kier molecular flexibility index (Phi) is 2.70. The summed E-state index contributed by atoms with van der Waals surface area (Å²) in [6.07, 6.45) is 1.62. The minimum atomic E-state index is -0.447. The number of halogens is 2. The second-order valence-electron chi connectivity index (χ2n) is 3.33. The van der Waals surface area contributed by atoms with Crippen molar-refractivity contribution in [2.24, 2.45) is 7.05 Å². The smallest absolute Gasteiger partial charge is 0.175 e. The lowest BCUT2D eigenvalue weighted by Crippen LogP contribution is -1.98. The fourth-order valence-electron chi connectivity index (χ4n) is 1.34. The summed E-state index contributed by atoms with van der Waals surface area (Å²) < 4.78 is 15.0. The molecule has 3 N–H and O–H groups in total. The molecule has 0 bridgehead atoms. The molecule has 1 aromatic heterocycles. The summed E-state index contributed by atoms with van der Waals surface area (Å²) in [5.41, 5.74) is 6.29. The number of aryl methyl sites for hydroxylation is 1. The molecule has 4 nitrogen and oxygen atoms in total. The van der Waals surface area contributed by atoms with Crippen LogP contribution in [0.3, 0.4) is 0 Å². The fourth-order valence-corrected chi connectivity index (χ4v) is 1.55. The third-order valence-corrected chi connectivity index (χ3v) is 2.38. The van der Waals surface area contributed by atoms with Crippen LogP contribution in [0.2, 0.25) is 5.02 Å². The zero-order valence-electron chi connectivity index (χ0n) is 8.54. The summed E-state index contributed by atoms with van der Waals surface area (Å²) in [4.78, 5) is 0. The molecule has 0 amide bonds. The number of nitrogens with zero attached hydrogens (tertiary/aromatic N) is 2. The molecule has 6 heteroatoms. The van der Waals surface area contributed by atoms with Crippen molar-refractivity contribution in [1.29, 1.82) is 0 Å². The Hall–Kier alpha value is -1.75. The van der Waals surface area contributed by atoms with Crippen molar-refractivity contribution in [3.05, 3.63) is 35.2 Å². The fraction of sp³-hybridized carbons (Fsp3) is 0.100. The highest BCUT2D eigenvalue weighted by atomic mass is 35.5. The van der Waals surface area contributed by atoms with Gasteiger partial charge in [-0.2, -0.15) is 5.10 Å². The molecule has 0 aliphatic rings. The van der Waals surface area contributed by atoms with E-state index in [0.29, 0.717) is 11.5 Å². The Labute approximate surface area is 96.8 Å². The minimum Gasteiger partial charge on any atom is -0.394 e. The zero-order valence-corrected chi connectivity index (χ0v) is 9.29. The highest BCUT2D eigenvalue weighted by molar-refractivity contribution is 6.33. The molecular formula is C10H10ClFN4. The molecule has 1 aromatic carbocycles. The van der Waals surface area contributed by atoms with Crippen molar-refractivity contribution >= 4 is 28.8 Å². The molecule has 2 rings (SSSR count). The van der Waals surface area contributed by atoms with Crippen LogP contribution in [-0.2, 0) is 7.05 Å². The van der Waals surface area contributed by atoms with Gasteiger partial charge in [-0.05, 0) is 12.1 Å². The van der Waals surface area contributed by atoms with Crippen LogP contribution in [0.4, 0.5) is 21.6 Å². The first-order chi connectivity index (χ1) is 7.58. The van der Waals surface area contributed by atoms with E-state index in [0.717, 1.165) is 0 Å². The van der Waals surface area contributed by atoms with E-state index in [2.05, 4.69) is 10.4 Å². The number of hydrogen-bond donors (Lipinski definition) is 2. The summed E-state index contributed by atoms with van der Waals surface area (Å²) >= 11 is 5.86. The van der Waals surface area contributed by atoms with Gasteiger partial charge in [0.15, 0.2) is 5.82 Å². The summed E-state index contributed by atoms with van der Waals surface area (Å²) in [5.74, 6) is -0.0629. The van der Waals surface area contributed by atoms with Crippen molar-refractivity contribution < 1.29 is 4.39 Å². The Bertz CT molecular complexity index is 503. The average molecular weight is 241 g/mol. The largest absolute Gasteiger partial charge is 0.394 e. The summed E-state index contributed by atoms with van der Waals surface area (Å²) in [5, 5.41) is 7.09.